The van der Waals surface area contributed by atoms with Crippen molar-refractivity contribution in [1.82, 2.24) is 19.4 Å². The van der Waals surface area contributed by atoms with E-state index in [0.29, 0.717) is 16.5 Å². The quantitative estimate of drug-likeness (QED) is 0.524. The van der Waals surface area contributed by atoms with Crippen molar-refractivity contribution >= 4 is 41.6 Å². The van der Waals surface area contributed by atoms with Crippen molar-refractivity contribution in [2.75, 3.05) is 25.0 Å². The number of aromatic nitrogens is 3. The fourth-order valence-corrected chi connectivity index (χ4v) is 4.69. The molecule has 39 heavy (non-hydrogen) atoms. The van der Waals surface area contributed by atoms with Gasteiger partial charge in [-0.25, -0.2) is 19.6 Å². The predicted octanol–water partition coefficient (Wildman–Crippen LogP) is 4.28. The van der Waals surface area contributed by atoms with Gasteiger partial charge in [0.25, 0.3) is 0 Å². The molecule has 2 aromatic heterocycles. The Kier molecular flexibility index (Phi) is 7.32. The molecule has 214 valence electrons. The Morgan fingerprint density at radius 1 is 1.00 bits per heavy atom. The van der Waals surface area contributed by atoms with Gasteiger partial charge >= 0.3 is 19.3 Å². The molecular weight excluding hydrogens is 501 g/mol. The molecule has 0 aromatic carbocycles. The maximum Gasteiger partial charge on any atom is 0.497 e. The molecule has 1 atom stereocenters. The Hall–Kier alpha value is -2.70. The van der Waals surface area contributed by atoms with Crippen LogP contribution in [0.25, 0.3) is 11.0 Å². The third kappa shape index (κ3) is 5.92. The summed E-state index contributed by atoms with van der Waals surface area (Å²) in [5.74, 6) is 0.0540. The van der Waals surface area contributed by atoms with Crippen molar-refractivity contribution in [2.45, 2.75) is 104 Å². The fourth-order valence-electron chi connectivity index (χ4n) is 4.69. The highest BCUT2D eigenvalue weighted by Gasteiger charge is 2.53. The minimum Gasteiger partial charge on any atom is -0.443 e. The molecule has 0 radical (unpaired) electrons. The van der Waals surface area contributed by atoms with Gasteiger partial charge < -0.3 is 28.2 Å². The van der Waals surface area contributed by atoms with Crippen LogP contribution in [0.15, 0.2) is 12.5 Å². The number of nitrogens with zero attached hydrogens (tertiary/aromatic N) is 5. The zero-order valence-electron chi connectivity index (χ0n) is 25.1. The highest BCUT2D eigenvalue weighted by molar-refractivity contribution is 6.65. The lowest BCUT2D eigenvalue weighted by atomic mass is 9.79. The molecule has 4 rings (SSSR count). The predicted molar refractivity (Wildman–Crippen MR) is 149 cm³/mol. The summed E-state index contributed by atoms with van der Waals surface area (Å²) in [4.78, 5) is 39.2. The molecule has 0 aliphatic carbocycles. The van der Waals surface area contributed by atoms with E-state index in [1.54, 1.807) is 41.5 Å². The molecule has 0 saturated carbocycles. The number of rotatable bonds is 3. The number of hydrogen-bond donors (Lipinski definition) is 0. The number of likely N-dealkylation sites (tertiary alicyclic amines) is 1. The molecule has 0 N–H and O–H groups in total. The first-order valence-electron chi connectivity index (χ1n) is 13.5. The number of fused-ring (bicyclic) bond motifs is 1. The van der Waals surface area contributed by atoms with E-state index in [0.717, 1.165) is 24.4 Å². The van der Waals surface area contributed by atoms with Crippen LogP contribution in [-0.2, 0) is 18.8 Å². The lowest BCUT2D eigenvalue weighted by Crippen LogP contribution is -2.45. The van der Waals surface area contributed by atoms with Gasteiger partial charge in [0.15, 0.2) is 5.82 Å². The van der Waals surface area contributed by atoms with Crippen molar-refractivity contribution in [3.05, 3.63) is 12.5 Å². The number of anilines is 1. The van der Waals surface area contributed by atoms with Crippen molar-refractivity contribution in [3.8, 4) is 0 Å². The zero-order valence-corrected chi connectivity index (χ0v) is 25.1. The molecule has 11 nitrogen and oxygen atoms in total. The molecule has 0 bridgehead atoms. The molecular formula is C27H42BN5O6. The normalized spacial score (nSPS) is 21.4. The second-order valence-electron chi connectivity index (χ2n) is 13.5. The average Bonchev–Trinajstić information content (AvgIpc) is 3.39. The van der Waals surface area contributed by atoms with Crippen molar-refractivity contribution in [1.29, 1.82) is 0 Å². The van der Waals surface area contributed by atoms with E-state index >= 15 is 0 Å². The number of carbonyl (C=O) groups is 2. The van der Waals surface area contributed by atoms with Gasteiger partial charge in [-0.3, -0.25) is 0 Å². The van der Waals surface area contributed by atoms with Gasteiger partial charge in [0, 0.05) is 24.2 Å². The minimum atomic E-state index is -0.898. The standard InChI is InChI=1S/C27H42BN5O6/c1-24(2,3)36-22(34)33(23(35)37-25(4,5)6)21-19-18(28-38-26(7,8)27(9,10)39-28)15-32(20(19)29-16-30-21)17-12-13-31(11)14-17/h15-17H,12-14H2,1-11H3. The summed E-state index contributed by atoms with van der Waals surface area (Å²) in [6.07, 6.45) is 2.43. The summed E-state index contributed by atoms with van der Waals surface area (Å²) < 4.78 is 26.2. The van der Waals surface area contributed by atoms with E-state index in [1.807, 2.05) is 33.9 Å². The Bertz CT molecular complexity index is 1220. The van der Waals surface area contributed by atoms with Gasteiger partial charge in [-0.05, 0) is 89.3 Å². The molecule has 2 amide bonds. The van der Waals surface area contributed by atoms with E-state index in [-0.39, 0.29) is 11.9 Å². The van der Waals surface area contributed by atoms with E-state index in [4.69, 9.17) is 18.8 Å². The summed E-state index contributed by atoms with van der Waals surface area (Å²) in [5, 5.41) is 0.474. The van der Waals surface area contributed by atoms with Gasteiger partial charge in [-0.15, -0.1) is 0 Å². The molecule has 4 heterocycles. The smallest absolute Gasteiger partial charge is 0.443 e. The molecule has 2 saturated heterocycles. The molecule has 2 aliphatic rings. The largest absolute Gasteiger partial charge is 0.497 e. The maximum atomic E-state index is 13.5. The highest BCUT2D eigenvalue weighted by Crippen LogP contribution is 2.39. The number of ether oxygens (including phenoxy) is 2. The summed E-state index contributed by atoms with van der Waals surface area (Å²) in [5.41, 5.74) is -1.73. The molecule has 2 aromatic rings. The van der Waals surface area contributed by atoms with E-state index in [9.17, 15) is 9.59 Å². The highest BCUT2D eigenvalue weighted by atomic mass is 16.7. The lowest BCUT2D eigenvalue weighted by molar-refractivity contribution is 0.00578. The number of hydrogen-bond acceptors (Lipinski definition) is 9. The second kappa shape index (κ2) is 9.74. The first-order valence-corrected chi connectivity index (χ1v) is 13.5. The summed E-state index contributed by atoms with van der Waals surface area (Å²) in [6, 6.07) is 0.132. The monoisotopic (exact) mass is 543 g/mol. The number of imide groups is 1. The minimum absolute atomic E-state index is 0.0540. The topological polar surface area (TPSA) is 108 Å². The number of carbonyl (C=O) groups excluding carboxylic acids is 2. The van der Waals surface area contributed by atoms with Crippen LogP contribution in [0.5, 0.6) is 0 Å². The van der Waals surface area contributed by atoms with Gasteiger partial charge in [-0.2, -0.15) is 4.90 Å². The maximum absolute atomic E-state index is 13.5. The molecule has 1 unspecified atom stereocenters. The number of amides is 2. The Labute approximate surface area is 231 Å². The van der Waals surface area contributed by atoms with Crippen molar-refractivity contribution in [2.24, 2.45) is 0 Å². The van der Waals surface area contributed by atoms with Gasteiger partial charge in [0.2, 0.25) is 0 Å². The van der Waals surface area contributed by atoms with Crippen LogP contribution < -0.4 is 10.4 Å². The van der Waals surface area contributed by atoms with Crippen LogP contribution in [0.3, 0.4) is 0 Å². The molecule has 0 spiro atoms. The second-order valence-corrected chi connectivity index (χ2v) is 13.5. The summed E-state index contributed by atoms with van der Waals surface area (Å²) >= 11 is 0. The van der Waals surface area contributed by atoms with E-state index in [2.05, 4.69) is 26.5 Å². The van der Waals surface area contributed by atoms with Crippen LogP contribution in [-0.4, -0.2) is 81.3 Å². The Morgan fingerprint density at radius 3 is 2.00 bits per heavy atom. The SMILES string of the molecule is CN1CCC(n2cc(B3OC(C)(C)C(C)(C)O3)c3c(N(C(=O)OC(C)(C)C)C(=O)OC(C)(C)C)ncnc32)C1. The van der Waals surface area contributed by atoms with Gasteiger partial charge in [0.05, 0.1) is 16.6 Å². The first-order chi connectivity index (χ1) is 17.8. The fraction of sp³-hybridized carbons (Fsp3) is 0.704. The van der Waals surface area contributed by atoms with Gasteiger partial charge in [-0.1, -0.05) is 0 Å². The van der Waals surface area contributed by atoms with Crippen LogP contribution in [0.4, 0.5) is 15.4 Å². The lowest BCUT2D eigenvalue weighted by Gasteiger charge is -2.32. The Balaban J connectivity index is 1.94. The number of likely N-dealkylation sites (N-methyl/N-ethyl adjacent to an activating group) is 1. The van der Waals surface area contributed by atoms with Gasteiger partial charge in [0.1, 0.15) is 23.2 Å². The van der Waals surface area contributed by atoms with Crippen LogP contribution in [0, 0.1) is 0 Å². The Morgan fingerprint density at radius 2 is 1.54 bits per heavy atom. The van der Waals surface area contributed by atoms with Crippen molar-refractivity contribution < 1.29 is 28.4 Å². The third-order valence-corrected chi connectivity index (χ3v) is 7.25. The van der Waals surface area contributed by atoms with E-state index < -0.39 is 41.7 Å². The summed E-state index contributed by atoms with van der Waals surface area (Å²) in [7, 11) is 1.30. The molecule has 2 fully saturated rings. The van der Waals surface area contributed by atoms with Crippen LogP contribution >= 0.6 is 0 Å². The molecule has 2 aliphatic heterocycles. The first kappa shape index (κ1) is 29.3. The average molecular weight is 543 g/mol. The van der Waals surface area contributed by atoms with Crippen LogP contribution in [0.1, 0.15) is 81.7 Å². The summed E-state index contributed by atoms with van der Waals surface area (Å²) in [6.45, 7) is 20.1. The van der Waals surface area contributed by atoms with E-state index in [1.165, 1.54) is 6.33 Å². The zero-order chi connectivity index (χ0) is 29.1. The molecule has 12 heteroatoms. The third-order valence-electron chi connectivity index (χ3n) is 7.25. The van der Waals surface area contributed by atoms with Crippen LogP contribution in [0.2, 0.25) is 0 Å². The van der Waals surface area contributed by atoms with Crippen molar-refractivity contribution in [3.63, 3.8) is 0 Å².